The van der Waals surface area contributed by atoms with Crippen molar-refractivity contribution in [1.29, 1.82) is 0 Å². The van der Waals surface area contributed by atoms with Crippen LogP contribution in [-0.2, 0) is 0 Å². The SMILES string of the molecule is Nc1c(Nc2nc3ccccc3s2)ncnc1N1CCCCCC1. The summed E-state index contributed by atoms with van der Waals surface area (Å²) in [6, 6.07) is 8.07. The van der Waals surface area contributed by atoms with Gasteiger partial charge >= 0.3 is 0 Å². The first-order valence-electron chi connectivity index (χ1n) is 8.29. The fourth-order valence-corrected chi connectivity index (χ4v) is 3.91. The minimum Gasteiger partial charge on any atom is -0.393 e. The first-order chi connectivity index (χ1) is 11.8. The van der Waals surface area contributed by atoms with Crippen LogP contribution in [0.15, 0.2) is 30.6 Å². The van der Waals surface area contributed by atoms with E-state index in [1.54, 1.807) is 17.7 Å². The molecule has 0 spiro atoms. The van der Waals surface area contributed by atoms with Crippen LogP contribution < -0.4 is 16.0 Å². The molecule has 0 amide bonds. The van der Waals surface area contributed by atoms with Crippen LogP contribution in [0.25, 0.3) is 10.2 Å². The first kappa shape index (κ1) is 15.1. The molecule has 7 heteroatoms. The van der Waals surface area contributed by atoms with Crippen molar-refractivity contribution in [3.8, 4) is 0 Å². The fraction of sp³-hybridized carbons (Fsp3) is 0.353. The monoisotopic (exact) mass is 340 g/mol. The van der Waals surface area contributed by atoms with Crippen LogP contribution in [0.4, 0.5) is 22.5 Å². The van der Waals surface area contributed by atoms with Gasteiger partial charge in [0.25, 0.3) is 0 Å². The maximum absolute atomic E-state index is 6.35. The van der Waals surface area contributed by atoms with Crippen molar-refractivity contribution < 1.29 is 0 Å². The van der Waals surface area contributed by atoms with Gasteiger partial charge in [0, 0.05) is 13.1 Å². The van der Waals surface area contributed by atoms with E-state index < -0.39 is 0 Å². The summed E-state index contributed by atoms with van der Waals surface area (Å²) in [5.41, 5.74) is 7.93. The second kappa shape index (κ2) is 6.60. The number of hydrogen-bond donors (Lipinski definition) is 2. The average molecular weight is 340 g/mol. The molecule has 0 aliphatic carbocycles. The van der Waals surface area contributed by atoms with E-state index in [-0.39, 0.29) is 0 Å². The summed E-state index contributed by atoms with van der Waals surface area (Å²) in [5.74, 6) is 1.46. The summed E-state index contributed by atoms with van der Waals surface area (Å²) in [6.45, 7) is 2.00. The number of rotatable bonds is 3. The van der Waals surface area contributed by atoms with Gasteiger partial charge in [-0.25, -0.2) is 15.0 Å². The van der Waals surface area contributed by atoms with Gasteiger partial charge in [-0.2, -0.15) is 0 Å². The van der Waals surface area contributed by atoms with Gasteiger partial charge in [0.15, 0.2) is 16.8 Å². The Kier molecular flexibility index (Phi) is 4.17. The van der Waals surface area contributed by atoms with E-state index >= 15 is 0 Å². The minimum atomic E-state index is 0.596. The molecule has 3 aromatic rings. The number of nitrogens with zero attached hydrogens (tertiary/aromatic N) is 4. The van der Waals surface area contributed by atoms with E-state index in [0.29, 0.717) is 11.5 Å². The molecule has 2 aromatic heterocycles. The third-order valence-electron chi connectivity index (χ3n) is 4.29. The molecule has 24 heavy (non-hydrogen) atoms. The molecule has 6 nitrogen and oxygen atoms in total. The van der Waals surface area contributed by atoms with Crippen LogP contribution in [0.2, 0.25) is 0 Å². The number of thiazole rings is 1. The second-order valence-corrected chi connectivity index (χ2v) is 7.00. The Morgan fingerprint density at radius 2 is 1.83 bits per heavy atom. The summed E-state index contributed by atoms with van der Waals surface area (Å²) >= 11 is 1.59. The molecule has 1 aliphatic rings. The molecule has 0 radical (unpaired) electrons. The lowest BCUT2D eigenvalue weighted by molar-refractivity contribution is 0.726. The molecule has 3 heterocycles. The van der Waals surface area contributed by atoms with Crippen LogP contribution >= 0.6 is 11.3 Å². The Hall–Kier alpha value is -2.41. The van der Waals surface area contributed by atoms with Gasteiger partial charge in [-0.1, -0.05) is 36.3 Å². The van der Waals surface area contributed by atoms with Crippen molar-refractivity contribution in [2.45, 2.75) is 25.7 Å². The van der Waals surface area contributed by atoms with Gasteiger partial charge < -0.3 is 16.0 Å². The van der Waals surface area contributed by atoms with Crippen molar-refractivity contribution >= 4 is 44.0 Å². The number of nitrogens with one attached hydrogen (secondary N) is 1. The van der Waals surface area contributed by atoms with Crippen LogP contribution in [0.1, 0.15) is 25.7 Å². The van der Waals surface area contributed by atoms with Gasteiger partial charge in [0.2, 0.25) is 0 Å². The number of hydrogen-bond acceptors (Lipinski definition) is 7. The third-order valence-corrected chi connectivity index (χ3v) is 5.24. The van der Waals surface area contributed by atoms with E-state index in [9.17, 15) is 0 Å². The molecule has 1 fully saturated rings. The zero-order valence-corrected chi connectivity index (χ0v) is 14.2. The van der Waals surface area contributed by atoms with Gasteiger partial charge in [-0.05, 0) is 25.0 Å². The van der Waals surface area contributed by atoms with Crippen molar-refractivity contribution in [2.24, 2.45) is 0 Å². The van der Waals surface area contributed by atoms with E-state index in [1.165, 1.54) is 25.7 Å². The van der Waals surface area contributed by atoms with Crippen molar-refractivity contribution in [3.05, 3.63) is 30.6 Å². The topological polar surface area (TPSA) is 80.0 Å². The smallest absolute Gasteiger partial charge is 0.189 e. The number of aromatic nitrogens is 3. The van der Waals surface area contributed by atoms with E-state index in [4.69, 9.17) is 5.73 Å². The maximum atomic E-state index is 6.35. The summed E-state index contributed by atoms with van der Waals surface area (Å²) < 4.78 is 1.14. The van der Waals surface area contributed by atoms with Gasteiger partial charge in [-0.15, -0.1) is 0 Å². The van der Waals surface area contributed by atoms with Crippen LogP contribution in [0.3, 0.4) is 0 Å². The molecule has 3 N–H and O–H groups in total. The lowest BCUT2D eigenvalue weighted by atomic mass is 10.2. The zero-order chi connectivity index (χ0) is 16.4. The molecule has 1 aromatic carbocycles. The quantitative estimate of drug-likeness (QED) is 0.755. The van der Waals surface area contributed by atoms with E-state index in [2.05, 4.69) is 31.2 Å². The predicted octanol–water partition coefficient (Wildman–Crippen LogP) is 3.79. The highest BCUT2D eigenvalue weighted by atomic mass is 32.1. The summed E-state index contributed by atoms with van der Waals surface area (Å²) in [5, 5.41) is 4.06. The second-order valence-electron chi connectivity index (χ2n) is 5.97. The molecule has 0 atom stereocenters. The molecule has 0 bridgehead atoms. The number of benzene rings is 1. The van der Waals surface area contributed by atoms with Crippen molar-refractivity contribution in [3.63, 3.8) is 0 Å². The minimum absolute atomic E-state index is 0.596. The predicted molar refractivity (Wildman–Crippen MR) is 100 cm³/mol. The van der Waals surface area contributed by atoms with Gasteiger partial charge in [-0.3, -0.25) is 0 Å². The van der Waals surface area contributed by atoms with Crippen LogP contribution in [-0.4, -0.2) is 28.0 Å². The van der Waals surface area contributed by atoms with E-state index in [1.807, 2.05) is 18.2 Å². The largest absolute Gasteiger partial charge is 0.393 e. The molecular formula is C17H20N6S. The highest BCUT2D eigenvalue weighted by Gasteiger charge is 2.17. The summed E-state index contributed by atoms with van der Waals surface area (Å²) in [7, 11) is 0. The number of nitrogens with two attached hydrogens (primary N) is 1. The lowest BCUT2D eigenvalue weighted by Crippen LogP contribution is -2.26. The first-order valence-corrected chi connectivity index (χ1v) is 9.11. The standard InChI is InChI=1S/C17H20N6S/c18-14-15(22-17-21-12-7-3-4-8-13(12)24-17)19-11-20-16(14)23-9-5-1-2-6-10-23/h3-4,7-8,11H,1-2,5-6,9-10,18H2,(H,19,20,21,22). The molecule has 4 rings (SSSR count). The number of anilines is 4. The summed E-state index contributed by atoms with van der Waals surface area (Å²) in [4.78, 5) is 15.6. The van der Waals surface area contributed by atoms with Crippen LogP contribution in [0.5, 0.6) is 0 Å². The molecule has 124 valence electrons. The Balaban J connectivity index is 1.62. The zero-order valence-electron chi connectivity index (χ0n) is 13.4. The Morgan fingerprint density at radius 3 is 2.62 bits per heavy atom. The highest BCUT2D eigenvalue weighted by molar-refractivity contribution is 7.22. The molecular weight excluding hydrogens is 320 g/mol. The van der Waals surface area contributed by atoms with Crippen molar-refractivity contribution in [2.75, 3.05) is 29.0 Å². The Bertz CT molecular complexity index is 805. The molecule has 1 aliphatic heterocycles. The Morgan fingerprint density at radius 1 is 1.04 bits per heavy atom. The molecule has 0 unspecified atom stereocenters. The van der Waals surface area contributed by atoms with E-state index in [0.717, 1.165) is 34.3 Å². The normalized spacial score (nSPS) is 15.4. The molecule has 1 saturated heterocycles. The number of nitrogen functional groups attached to an aromatic ring is 1. The fourth-order valence-electron chi connectivity index (χ4n) is 3.05. The third kappa shape index (κ3) is 2.99. The summed E-state index contributed by atoms with van der Waals surface area (Å²) in [6.07, 6.45) is 6.50. The number of para-hydroxylation sites is 1. The maximum Gasteiger partial charge on any atom is 0.189 e. The average Bonchev–Trinajstić information content (AvgIpc) is 2.81. The van der Waals surface area contributed by atoms with Crippen molar-refractivity contribution in [1.82, 2.24) is 15.0 Å². The molecule has 0 saturated carbocycles. The van der Waals surface area contributed by atoms with Crippen LogP contribution in [0, 0.1) is 0 Å². The number of fused-ring (bicyclic) bond motifs is 1. The van der Waals surface area contributed by atoms with Gasteiger partial charge in [0.05, 0.1) is 10.2 Å². The van der Waals surface area contributed by atoms with Gasteiger partial charge in [0.1, 0.15) is 12.0 Å². The lowest BCUT2D eigenvalue weighted by Gasteiger charge is -2.23. The Labute approximate surface area is 144 Å². The highest BCUT2D eigenvalue weighted by Crippen LogP contribution is 2.32.